The number of hydrogen-bond acceptors (Lipinski definition) is 7. The summed E-state index contributed by atoms with van der Waals surface area (Å²) in [6, 6.07) is 8.82. The topological polar surface area (TPSA) is 108 Å². The van der Waals surface area contributed by atoms with Crippen LogP contribution in [0.1, 0.15) is 23.6 Å². The molecular weight excluding hydrogens is 432 g/mol. The van der Waals surface area contributed by atoms with Gasteiger partial charge in [-0.15, -0.1) is 0 Å². The van der Waals surface area contributed by atoms with E-state index in [1.54, 1.807) is 18.3 Å². The molecule has 10 heteroatoms. The summed E-state index contributed by atoms with van der Waals surface area (Å²) in [5, 5.41) is 8.78. The molecule has 0 unspecified atom stereocenters. The lowest BCUT2D eigenvalue weighted by Crippen LogP contribution is -2.15. The highest BCUT2D eigenvalue weighted by Gasteiger charge is 2.28. The van der Waals surface area contributed by atoms with Crippen LogP contribution in [0.5, 0.6) is 11.5 Å². The number of hydrogen-bond donors (Lipinski definition) is 1. The van der Waals surface area contributed by atoms with Gasteiger partial charge in [-0.3, -0.25) is 9.40 Å². The first-order valence-electron chi connectivity index (χ1n) is 10.2. The molecule has 32 heavy (non-hydrogen) atoms. The Hall–Kier alpha value is -3.53. The van der Waals surface area contributed by atoms with Crippen LogP contribution in [0.25, 0.3) is 11.0 Å². The number of ether oxygens (including phenoxy) is 2. The molecule has 0 radical (unpaired) electrons. The minimum absolute atomic E-state index is 0.0448. The number of sulfonamides is 1. The molecule has 9 nitrogen and oxygen atoms in total. The first kappa shape index (κ1) is 20.4. The van der Waals surface area contributed by atoms with E-state index in [2.05, 4.69) is 15.0 Å². The van der Waals surface area contributed by atoms with Gasteiger partial charge in [0.05, 0.1) is 20.3 Å². The van der Waals surface area contributed by atoms with Crippen molar-refractivity contribution in [2.75, 3.05) is 18.4 Å². The lowest BCUT2D eigenvalue weighted by Gasteiger charge is -2.12. The van der Waals surface area contributed by atoms with Crippen LogP contribution in [0.15, 0.2) is 52.1 Å². The summed E-state index contributed by atoms with van der Waals surface area (Å²) in [6.45, 7) is 3.01. The number of aryl methyl sites for hydroxylation is 1. The minimum Gasteiger partial charge on any atom is -0.495 e. The van der Waals surface area contributed by atoms with E-state index >= 15 is 0 Å². The number of nitrogens with one attached hydrogen (secondary N) is 1. The molecular formula is C22H22N4O5S. The number of anilines is 1. The first-order valence-corrected chi connectivity index (χ1v) is 11.7. The SMILES string of the molecule is CCc1ccc(OC)c(S(=O)(=O)Nc2noc3cc(Cn4cccn4)c4c(c23)OCC4)c1. The molecule has 5 rings (SSSR count). The van der Waals surface area contributed by atoms with Crippen molar-refractivity contribution in [3.8, 4) is 11.5 Å². The minimum atomic E-state index is -3.99. The first-order chi connectivity index (χ1) is 15.5. The third kappa shape index (κ3) is 3.46. The Kier molecular flexibility index (Phi) is 5.01. The molecule has 166 valence electrons. The predicted molar refractivity (Wildman–Crippen MR) is 118 cm³/mol. The van der Waals surface area contributed by atoms with Gasteiger partial charge in [-0.25, -0.2) is 8.42 Å². The van der Waals surface area contributed by atoms with Gasteiger partial charge >= 0.3 is 0 Å². The van der Waals surface area contributed by atoms with E-state index in [1.807, 2.05) is 36.0 Å². The third-order valence-electron chi connectivity index (χ3n) is 5.56. The fourth-order valence-corrected chi connectivity index (χ4v) is 5.19. The van der Waals surface area contributed by atoms with Crippen molar-refractivity contribution < 1.29 is 22.4 Å². The smallest absolute Gasteiger partial charge is 0.266 e. The van der Waals surface area contributed by atoms with Crippen molar-refractivity contribution in [3.63, 3.8) is 0 Å². The van der Waals surface area contributed by atoms with Crippen molar-refractivity contribution in [1.29, 1.82) is 0 Å². The molecule has 0 bridgehead atoms. The Morgan fingerprint density at radius 1 is 1.28 bits per heavy atom. The summed E-state index contributed by atoms with van der Waals surface area (Å²) in [6.07, 6.45) is 5.01. The summed E-state index contributed by atoms with van der Waals surface area (Å²) in [7, 11) is -2.55. The van der Waals surface area contributed by atoms with E-state index in [1.165, 1.54) is 7.11 Å². The van der Waals surface area contributed by atoms with Crippen LogP contribution in [0.4, 0.5) is 5.82 Å². The number of fused-ring (bicyclic) bond motifs is 3. The quantitative estimate of drug-likeness (QED) is 0.456. The van der Waals surface area contributed by atoms with Gasteiger partial charge in [0, 0.05) is 24.4 Å². The van der Waals surface area contributed by atoms with Gasteiger partial charge in [0.2, 0.25) is 0 Å². The molecule has 1 N–H and O–H groups in total. The summed E-state index contributed by atoms with van der Waals surface area (Å²) < 4.78 is 47.5. The average molecular weight is 455 g/mol. The van der Waals surface area contributed by atoms with Crippen LogP contribution in [0.3, 0.4) is 0 Å². The zero-order chi connectivity index (χ0) is 22.3. The van der Waals surface area contributed by atoms with Gasteiger partial charge in [0.25, 0.3) is 10.0 Å². The zero-order valence-electron chi connectivity index (χ0n) is 17.7. The number of methoxy groups -OCH3 is 1. The maximum Gasteiger partial charge on any atom is 0.266 e. The highest BCUT2D eigenvalue weighted by molar-refractivity contribution is 7.92. The van der Waals surface area contributed by atoms with Crippen molar-refractivity contribution in [2.24, 2.45) is 0 Å². The van der Waals surface area contributed by atoms with Crippen LogP contribution in [0, 0.1) is 0 Å². The Morgan fingerprint density at radius 3 is 2.91 bits per heavy atom. The van der Waals surface area contributed by atoms with Crippen LogP contribution in [-0.2, 0) is 29.4 Å². The molecule has 1 aliphatic rings. The van der Waals surface area contributed by atoms with Crippen LogP contribution < -0.4 is 14.2 Å². The summed E-state index contributed by atoms with van der Waals surface area (Å²) in [5.74, 6) is 0.941. The zero-order valence-corrected chi connectivity index (χ0v) is 18.5. The van der Waals surface area contributed by atoms with Crippen LogP contribution >= 0.6 is 0 Å². The molecule has 0 atom stereocenters. The van der Waals surface area contributed by atoms with Gasteiger partial charge in [-0.2, -0.15) is 5.10 Å². The second-order valence-corrected chi connectivity index (χ2v) is 9.14. The number of rotatable bonds is 7. The molecule has 0 spiro atoms. The molecule has 3 heterocycles. The fourth-order valence-electron chi connectivity index (χ4n) is 3.96. The number of benzene rings is 2. The largest absolute Gasteiger partial charge is 0.495 e. The van der Waals surface area contributed by atoms with E-state index in [-0.39, 0.29) is 16.5 Å². The molecule has 4 aromatic rings. The Morgan fingerprint density at radius 2 is 2.16 bits per heavy atom. The van der Waals surface area contributed by atoms with Crippen molar-refractivity contribution in [3.05, 3.63) is 59.4 Å². The fraction of sp³-hybridized carbons (Fsp3) is 0.273. The maximum atomic E-state index is 13.2. The normalized spacial score (nSPS) is 13.2. The van der Waals surface area contributed by atoms with Gasteiger partial charge in [0.1, 0.15) is 21.8 Å². The van der Waals surface area contributed by atoms with Gasteiger partial charge in [0.15, 0.2) is 11.4 Å². The lowest BCUT2D eigenvalue weighted by atomic mass is 10.0. The summed E-state index contributed by atoms with van der Waals surface area (Å²) in [5.41, 5.74) is 3.32. The van der Waals surface area contributed by atoms with E-state index in [0.717, 1.165) is 16.7 Å². The van der Waals surface area contributed by atoms with Crippen LogP contribution in [-0.4, -0.2) is 37.1 Å². The molecule has 0 saturated heterocycles. The van der Waals surface area contributed by atoms with Gasteiger partial charge in [-0.1, -0.05) is 18.1 Å². The molecule has 0 saturated carbocycles. The van der Waals surface area contributed by atoms with E-state index in [0.29, 0.717) is 42.7 Å². The standard InChI is InChI=1S/C22H22N4O5S/c1-3-14-5-6-17(29-2)19(11-14)32(27,28)25-22-20-18(31-24-22)12-15(13-26-9-4-8-23-26)16-7-10-30-21(16)20/h4-6,8-9,11-12H,3,7,10,13H2,1-2H3,(H,24,25). The van der Waals surface area contributed by atoms with Crippen molar-refractivity contribution >= 4 is 26.8 Å². The highest BCUT2D eigenvalue weighted by Crippen LogP contribution is 2.41. The van der Waals surface area contributed by atoms with Gasteiger partial charge in [-0.05, 0) is 41.8 Å². The molecule has 0 fully saturated rings. The Labute approximate surface area is 185 Å². The van der Waals surface area contributed by atoms with E-state index in [9.17, 15) is 8.42 Å². The Bertz CT molecular complexity index is 1390. The average Bonchev–Trinajstić information content (AvgIpc) is 3.54. The van der Waals surface area contributed by atoms with Crippen molar-refractivity contribution in [2.45, 2.75) is 31.2 Å². The lowest BCUT2D eigenvalue weighted by molar-refractivity contribution is 0.360. The summed E-state index contributed by atoms with van der Waals surface area (Å²) >= 11 is 0. The highest BCUT2D eigenvalue weighted by atomic mass is 32.2. The second kappa shape index (κ2) is 7.86. The molecule has 2 aromatic heterocycles. The molecule has 1 aliphatic heterocycles. The third-order valence-corrected chi connectivity index (χ3v) is 6.92. The second-order valence-electron chi connectivity index (χ2n) is 7.49. The predicted octanol–water partition coefficient (Wildman–Crippen LogP) is 3.38. The Balaban J connectivity index is 1.57. The van der Waals surface area contributed by atoms with Gasteiger partial charge < -0.3 is 14.0 Å². The molecule has 0 amide bonds. The maximum absolute atomic E-state index is 13.2. The summed E-state index contributed by atoms with van der Waals surface area (Å²) in [4.78, 5) is 0.0448. The molecule has 0 aliphatic carbocycles. The van der Waals surface area contributed by atoms with Crippen molar-refractivity contribution in [1.82, 2.24) is 14.9 Å². The molecule has 2 aromatic carbocycles. The van der Waals surface area contributed by atoms with E-state index < -0.39 is 10.0 Å². The monoisotopic (exact) mass is 454 g/mol. The number of nitrogens with zero attached hydrogens (tertiary/aromatic N) is 3. The number of aromatic nitrogens is 3. The van der Waals surface area contributed by atoms with E-state index in [4.69, 9.17) is 14.0 Å². The van der Waals surface area contributed by atoms with Crippen LogP contribution in [0.2, 0.25) is 0 Å².